The number of hydrogen-bond donors (Lipinski definition) is 1. The van der Waals surface area contributed by atoms with Gasteiger partial charge in [-0.05, 0) is 29.8 Å². The van der Waals surface area contributed by atoms with E-state index in [4.69, 9.17) is 0 Å². The molecule has 0 unspecified atom stereocenters. The standard InChI is InChI=1S/C19H19F3N2O3/c20-19(21,22)27-15-7-5-14(6-8-15)13-23-9-11-24(12-10-23)18(26)16-3-1-2-4-17(16)25/h1-8,25H,9-13H2. The van der Waals surface area contributed by atoms with Crippen molar-refractivity contribution in [1.29, 1.82) is 0 Å². The number of rotatable bonds is 4. The van der Waals surface area contributed by atoms with Crippen LogP contribution in [-0.4, -0.2) is 53.4 Å². The minimum Gasteiger partial charge on any atom is -0.507 e. The predicted molar refractivity (Wildman–Crippen MR) is 92.4 cm³/mol. The van der Waals surface area contributed by atoms with Gasteiger partial charge in [-0.3, -0.25) is 9.69 Å². The van der Waals surface area contributed by atoms with Crippen molar-refractivity contribution in [3.8, 4) is 11.5 Å². The summed E-state index contributed by atoms with van der Waals surface area (Å²) in [6.07, 6.45) is -4.70. The van der Waals surface area contributed by atoms with Crippen LogP contribution in [0.15, 0.2) is 48.5 Å². The molecule has 1 aliphatic heterocycles. The van der Waals surface area contributed by atoms with Crippen LogP contribution in [0.1, 0.15) is 15.9 Å². The fraction of sp³-hybridized carbons (Fsp3) is 0.316. The van der Waals surface area contributed by atoms with E-state index in [0.29, 0.717) is 32.7 Å². The first-order chi connectivity index (χ1) is 12.8. The smallest absolute Gasteiger partial charge is 0.507 e. The summed E-state index contributed by atoms with van der Waals surface area (Å²) in [7, 11) is 0. The number of amides is 1. The van der Waals surface area contributed by atoms with Crippen LogP contribution in [0.25, 0.3) is 0 Å². The number of halogens is 3. The fourth-order valence-corrected chi connectivity index (χ4v) is 2.99. The number of carbonyl (C=O) groups excluding carboxylic acids is 1. The number of carbonyl (C=O) groups is 1. The number of phenolic OH excluding ortho intramolecular Hbond substituents is 1. The van der Waals surface area contributed by atoms with E-state index >= 15 is 0 Å². The summed E-state index contributed by atoms with van der Waals surface area (Å²) in [5.74, 6) is -0.489. The zero-order valence-electron chi connectivity index (χ0n) is 14.4. The van der Waals surface area contributed by atoms with Crippen molar-refractivity contribution in [3.05, 3.63) is 59.7 Å². The van der Waals surface area contributed by atoms with E-state index in [2.05, 4.69) is 9.64 Å². The molecule has 2 aromatic rings. The summed E-state index contributed by atoms with van der Waals surface area (Å²) in [4.78, 5) is 16.3. The maximum absolute atomic E-state index is 12.5. The Morgan fingerprint density at radius 2 is 1.63 bits per heavy atom. The maximum Gasteiger partial charge on any atom is 0.573 e. The molecule has 0 aliphatic carbocycles. The third-order valence-electron chi connectivity index (χ3n) is 4.36. The molecule has 1 saturated heterocycles. The number of phenols is 1. The van der Waals surface area contributed by atoms with Crippen molar-refractivity contribution in [2.45, 2.75) is 12.9 Å². The van der Waals surface area contributed by atoms with Gasteiger partial charge in [0.25, 0.3) is 5.91 Å². The molecule has 0 saturated carbocycles. The molecule has 1 amide bonds. The Balaban J connectivity index is 1.52. The molecule has 0 atom stereocenters. The van der Waals surface area contributed by atoms with Gasteiger partial charge in [0, 0.05) is 32.7 Å². The van der Waals surface area contributed by atoms with Gasteiger partial charge in [0.15, 0.2) is 0 Å². The molecule has 1 fully saturated rings. The molecule has 0 spiro atoms. The Morgan fingerprint density at radius 3 is 2.22 bits per heavy atom. The second-order valence-corrected chi connectivity index (χ2v) is 6.28. The van der Waals surface area contributed by atoms with Gasteiger partial charge in [-0.1, -0.05) is 24.3 Å². The van der Waals surface area contributed by atoms with Crippen LogP contribution in [0.3, 0.4) is 0 Å². The molecule has 0 bridgehead atoms. The van der Waals surface area contributed by atoms with Gasteiger partial charge in [-0.2, -0.15) is 0 Å². The third-order valence-corrected chi connectivity index (χ3v) is 4.36. The molecule has 2 aromatic carbocycles. The Labute approximate surface area is 154 Å². The quantitative estimate of drug-likeness (QED) is 0.885. The Kier molecular flexibility index (Phi) is 5.55. The van der Waals surface area contributed by atoms with Crippen molar-refractivity contribution in [2.24, 2.45) is 0 Å². The number of benzene rings is 2. The van der Waals surface area contributed by atoms with E-state index in [9.17, 15) is 23.1 Å². The summed E-state index contributed by atoms with van der Waals surface area (Å²) in [5, 5.41) is 9.81. The molecule has 3 rings (SSSR count). The van der Waals surface area contributed by atoms with Crippen molar-refractivity contribution >= 4 is 5.91 Å². The largest absolute Gasteiger partial charge is 0.573 e. The van der Waals surface area contributed by atoms with Crippen LogP contribution in [0, 0.1) is 0 Å². The molecular weight excluding hydrogens is 361 g/mol. The second-order valence-electron chi connectivity index (χ2n) is 6.28. The van der Waals surface area contributed by atoms with Gasteiger partial charge in [0.1, 0.15) is 11.5 Å². The first kappa shape index (κ1) is 19.0. The topological polar surface area (TPSA) is 53.0 Å². The fourth-order valence-electron chi connectivity index (χ4n) is 2.99. The highest BCUT2D eigenvalue weighted by molar-refractivity contribution is 5.96. The molecule has 0 aromatic heterocycles. The lowest BCUT2D eigenvalue weighted by Gasteiger charge is -2.34. The van der Waals surface area contributed by atoms with E-state index in [-0.39, 0.29) is 23.0 Å². The van der Waals surface area contributed by atoms with Crippen molar-refractivity contribution in [1.82, 2.24) is 9.80 Å². The number of hydrogen-bond acceptors (Lipinski definition) is 4. The van der Waals surface area contributed by atoms with Crippen LogP contribution < -0.4 is 4.74 Å². The lowest BCUT2D eigenvalue weighted by Crippen LogP contribution is -2.48. The van der Waals surface area contributed by atoms with Gasteiger partial charge < -0.3 is 14.7 Å². The predicted octanol–water partition coefficient (Wildman–Crippen LogP) is 3.25. The van der Waals surface area contributed by atoms with Gasteiger partial charge in [0.2, 0.25) is 0 Å². The first-order valence-corrected chi connectivity index (χ1v) is 8.46. The molecule has 8 heteroatoms. The van der Waals surface area contributed by atoms with Crippen LogP contribution in [-0.2, 0) is 6.54 Å². The van der Waals surface area contributed by atoms with E-state index in [0.717, 1.165) is 5.56 Å². The summed E-state index contributed by atoms with van der Waals surface area (Å²) in [5.41, 5.74) is 1.15. The average Bonchev–Trinajstić information content (AvgIpc) is 2.63. The number of nitrogens with zero attached hydrogens (tertiary/aromatic N) is 2. The number of alkyl halides is 3. The van der Waals surface area contributed by atoms with E-state index in [1.807, 2.05) is 0 Å². The minimum atomic E-state index is -4.70. The average molecular weight is 380 g/mol. The highest BCUT2D eigenvalue weighted by Crippen LogP contribution is 2.23. The second kappa shape index (κ2) is 7.87. The Bertz CT molecular complexity index is 786. The molecule has 0 radical (unpaired) electrons. The van der Waals surface area contributed by atoms with Crippen LogP contribution in [0.2, 0.25) is 0 Å². The highest BCUT2D eigenvalue weighted by Gasteiger charge is 2.31. The van der Waals surface area contributed by atoms with Gasteiger partial charge >= 0.3 is 6.36 Å². The van der Waals surface area contributed by atoms with Crippen molar-refractivity contribution in [2.75, 3.05) is 26.2 Å². The monoisotopic (exact) mass is 380 g/mol. The highest BCUT2D eigenvalue weighted by atomic mass is 19.4. The normalized spacial score (nSPS) is 15.6. The van der Waals surface area contributed by atoms with Crippen molar-refractivity contribution in [3.63, 3.8) is 0 Å². The first-order valence-electron chi connectivity index (χ1n) is 8.46. The maximum atomic E-state index is 12.5. The number of ether oxygens (including phenoxy) is 1. The SMILES string of the molecule is O=C(c1ccccc1O)N1CCN(Cc2ccc(OC(F)(F)F)cc2)CC1. The Morgan fingerprint density at radius 1 is 1.00 bits per heavy atom. The molecule has 1 heterocycles. The molecule has 144 valence electrons. The summed E-state index contributed by atoms with van der Waals surface area (Å²) < 4.78 is 40.4. The van der Waals surface area contributed by atoms with Crippen LogP contribution >= 0.6 is 0 Å². The number of para-hydroxylation sites is 1. The molecule has 27 heavy (non-hydrogen) atoms. The molecular formula is C19H19F3N2O3. The number of aromatic hydroxyl groups is 1. The van der Waals surface area contributed by atoms with Gasteiger partial charge in [0.05, 0.1) is 5.56 Å². The Hall–Kier alpha value is -2.74. The molecule has 5 nitrogen and oxygen atoms in total. The van der Waals surface area contributed by atoms with Crippen LogP contribution in [0.4, 0.5) is 13.2 Å². The van der Waals surface area contributed by atoms with E-state index in [1.54, 1.807) is 35.2 Å². The van der Waals surface area contributed by atoms with Gasteiger partial charge in [-0.15, -0.1) is 13.2 Å². The third kappa shape index (κ3) is 5.13. The van der Waals surface area contributed by atoms with Crippen LogP contribution in [0.5, 0.6) is 11.5 Å². The number of piperazine rings is 1. The lowest BCUT2D eigenvalue weighted by atomic mass is 10.1. The van der Waals surface area contributed by atoms with Gasteiger partial charge in [-0.25, -0.2) is 0 Å². The summed E-state index contributed by atoms with van der Waals surface area (Å²) in [6.45, 7) is 2.88. The molecule has 1 N–H and O–H groups in total. The summed E-state index contributed by atoms with van der Waals surface area (Å²) >= 11 is 0. The zero-order chi connectivity index (χ0) is 19.4. The minimum absolute atomic E-state index is 0.0360. The molecule has 1 aliphatic rings. The summed E-state index contributed by atoms with van der Waals surface area (Å²) in [6, 6.07) is 12.2. The lowest BCUT2D eigenvalue weighted by molar-refractivity contribution is -0.274. The van der Waals surface area contributed by atoms with E-state index in [1.165, 1.54) is 18.2 Å². The van der Waals surface area contributed by atoms with Crippen molar-refractivity contribution < 1.29 is 27.8 Å². The van der Waals surface area contributed by atoms with E-state index < -0.39 is 6.36 Å². The zero-order valence-corrected chi connectivity index (χ0v) is 14.4.